The molecule has 2 aromatic rings. The van der Waals surface area contributed by atoms with E-state index < -0.39 is 5.60 Å². The van der Waals surface area contributed by atoms with Crippen molar-refractivity contribution in [3.63, 3.8) is 0 Å². The Morgan fingerprint density at radius 3 is 2.64 bits per heavy atom. The molecule has 1 saturated heterocycles. The fourth-order valence-corrected chi connectivity index (χ4v) is 4.08. The molecule has 0 radical (unpaired) electrons. The molecule has 2 aromatic carbocycles. The van der Waals surface area contributed by atoms with Gasteiger partial charge in [0.15, 0.2) is 5.78 Å². The van der Waals surface area contributed by atoms with Gasteiger partial charge in [-0.2, -0.15) is 5.26 Å². The molecule has 0 N–H and O–H groups in total. The molecule has 0 aliphatic carbocycles. The Kier molecular flexibility index (Phi) is 4.43. The van der Waals surface area contributed by atoms with Gasteiger partial charge in [-0.3, -0.25) is 9.59 Å². The van der Waals surface area contributed by atoms with Crippen molar-refractivity contribution in [3.05, 3.63) is 64.2 Å². The largest absolute Gasteiger partial charge is 0.486 e. The maximum absolute atomic E-state index is 12.8. The number of nitrogens with zero attached hydrogens (tertiary/aromatic N) is 2. The highest BCUT2D eigenvalue weighted by Gasteiger charge is 2.44. The van der Waals surface area contributed by atoms with Crippen LogP contribution in [0.2, 0.25) is 0 Å². The maximum Gasteiger partial charge on any atom is 0.253 e. The molecule has 2 aliphatic heterocycles. The van der Waals surface area contributed by atoms with Crippen LogP contribution in [0.5, 0.6) is 5.75 Å². The van der Waals surface area contributed by atoms with E-state index in [1.54, 1.807) is 29.2 Å². The summed E-state index contributed by atoms with van der Waals surface area (Å²) < 4.78 is 6.41. The molecule has 5 nitrogen and oxygen atoms in total. The van der Waals surface area contributed by atoms with Crippen molar-refractivity contribution in [2.45, 2.75) is 38.7 Å². The van der Waals surface area contributed by atoms with Gasteiger partial charge >= 0.3 is 0 Å². The third-order valence-electron chi connectivity index (χ3n) is 5.98. The first-order valence-electron chi connectivity index (χ1n) is 9.54. The number of Topliss-reactive ketones (excluding diaryl/α,β-unsaturated/α-hetero) is 1. The van der Waals surface area contributed by atoms with E-state index in [1.807, 2.05) is 26.0 Å². The normalized spacial score (nSPS) is 17.6. The first kappa shape index (κ1) is 18.2. The third kappa shape index (κ3) is 3.05. The zero-order valence-electron chi connectivity index (χ0n) is 16.1. The van der Waals surface area contributed by atoms with Gasteiger partial charge in [-0.05, 0) is 49.2 Å². The number of fused-ring (bicyclic) bond motifs is 1. The van der Waals surface area contributed by atoms with E-state index in [4.69, 9.17) is 10.00 Å². The minimum atomic E-state index is -0.534. The van der Waals surface area contributed by atoms with Crippen LogP contribution >= 0.6 is 0 Å². The van der Waals surface area contributed by atoms with Crippen LogP contribution in [-0.4, -0.2) is 35.3 Å². The Hall–Kier alpha value is -3.13. The van der Waals surface area contributed by atoms with Gasteiger partial charge < -0.3 is 9.64 Å². The lowest BCUT2D eigenvalue weighted by Crippen LogP contribution is -2.52. The number of hydrogen-bond donors (Lipinski definition) is 0. The smallest absolute Gasteiger partial charge is 0.253 e. The zero-order valence-corrected chi connectivity index (χ0v) is 16.1. The fourth-order valence-electron chi connectivity index (χ4n) is 4.08. The summed E-state index contributed by atoms with van der Waals surface area (Å²) in [5.41, 5.74) is 3.25. The number of carbonyl (C=O) groups excluding carboxylic acids is 2. The molecule has 142 valence electrons. The SMILES string of the molecule is Cc1ccc2c(c1C)OC1(CCN(C(=O)c3cccc(C#N)c3)CC1)CC2=O. The summed E-state index contributed by atoms with van der Waals surface area (Å²) in [5, 5.41) is 9.04. The van der Waals surface area contributed by atoms with Gasteiger partial charge in [0.25, 0.3) is 5.91 Å². The van der Waals surface area contributed by atoms with Gasteiger partial charge in [0.05, 0.1) is 23.6 Å². The summed E-state index contributed by atoms with van der Waals surface area (Å²) in [5.74, 6) is 0.741. The van der Waals surface area contributed by atoms with E-state index >= 15 is 0 Å². The molecular weight excluding hydrogens is 352 g/mol. The Morgan fingerprint density at radius 2 is 1.93 bits per heavy atom. The van der Waals surface area contributed by atoms with Crippen LogP contribution in [0.4, 0.5) is 0 Å². The Bertz CT molecular complexity index is 1010. The average molecular weight is 374 g/mol. The van der Waals surface area contributed by atoms with Crippen LogP contribution < -0.4 is 4.74 Å². The number of ether oxygens (including phenoxy) is 1. The highest BCUT2D eigenvalue weighted by molar-refractivity contribution is 6.01. The lowest BCUT2D eigenvalue weighted by atomic mass is 9.81. The number of carbonyl (C=O) groups is 2. The quantitative estimate of drug-likeness (QED) is 0.761. The Labute approximate surface area is 164 Å². The van der Waals surface area contributed by atoms with Crippen LogP contribution in [0.3, 0.4) is 0 Å². The van der Waals surface area contributed by atoms with Gasteiger partial charge in [-0.15, -0.1) is 0 Å². The van der Waals surface area contributed by atoms with E-state index in [0.717, 1.165) is 11.1 Å². The van der Waals surface area contributed by atoms with Crippen molar-refractivity contribution < 1.29 is 14.3 Å². The molecule has 1 fully saturated rings. The molecule has 2 aliphatic rings. The van der Waals surface area contributed by atoms with Crippen molar-refractivity contribution in [1.82, 2.24) is 4.90 Å². The van der Waals surface area contributed by atoms with Gasteiger partial charge in [0.1, 0.15) is 11.4 Å². The predicted molar refractivity (Wildman–Crippen MR) is 105 cm³/mol. The summed E-state index contributed by atoms with van der Waals surface area (Å²) in [6.45, 7) is 5.06. The summed E-state index contributed by atoms with van der Waals surface area (Å²) in [6.07, 6.45) is 1.60. The molecule has 2 heterocycles. The number of nitriles is 1. The van der Waals surface area contributed by atoms with Crippen molar-refractivity contribution in [2.75, 3.05) is 13.1 Å². The molecule has 0 atom stereocenters. The lowest BCUT2D eigenvalue weighted by molar-refractivity contribution is -0.00620. The summed E-state index contributed by atoms with van der Waals surface area (Å²) in [7, 11) is 0. The molecule has 0 saturated carbocycles. The first-order chi connectivity index (χ1) is 13.4. The zero-order chi connectivity index (χ0) is 19.9. The van der Waals surface area contributed by atoms with Gasteiger partial charge in [0.2, 0.25) is 0 Å². The molecule has 5 heteroatoms. The van der Waals surface area contributed by atoms with Crippen molar-refractivity contribution in [2.24, 2.45) is 0 Å². The molecule has 1 spiro atoms. The van der Waals surface area contributed by atoms with Gasteiger partial charge in [0, 0.05) is 31.5 Å². The number of amides is 1. The molecular formula is C23H22N2O3. The van der Waals surface area contributed by atoms with E-state index in [2.05, 4.69) is 6.07 Å². The molecule has 4 rings (SSSR count). The highest BCUT2D eigenvalue weighted by Crippen LogP contribution is 2.41. The number of piperidine rings is 1. The minimum Gasteiger partial charge on any atom is -0.486 e. The number of likely N-dealkylation sites (tertiary alicyclic amines) is 1. The van der Waals surface area contributed by atoms with Gasteiger partial charge in [-0.1, -0.05) is 12.1 Å². The lowest BCUT2D eigenvalue weighted by Gasteiger charge is -2.44. The molecule has 0 bridgehead atoms. The number of rotatable bonds is 1. The van der Waals surface area contributed by atoms with E-state index in [0.29, 0.717) is 54.8 Å². The van der Waals surface area contributed by atoms with Crippen LogP contribution in [0, 0.1) is 25.2 Å². The topological polar surface area (TPSA) is 70.4 Å². The third-order valence-corrected chi connectivity index (χ3v) is 5.98. The second-order valence-corrected chi connectivity index (χ2v) is 7.75. The van der Waals surface area contributed by atoms with E-state index in [1.165, 1.54) is 0 Å². The van der Waals surface area contributed by atoms with Crippen molar-refractivity contribution in [3.8, 4) is 11.8 Å². The predicted octanol–water partition coefficient (Wildman–Crippen LogP) is 3.82. The highest BCUT2D eigenvalue weighted by atomic mass is 16.5. The van der Waals surface area contributed by atoms with Gasteiger partial charge in [-0.25, -0.2) is 0 Å². The monoisotopic (exact) mass is 374 g/mol. The average Bonchev–Trinajstić information content (AvgIpc) is 2.71. The molecule has 1 amide bonds. The Morgan fingerprint density at radius 1 is 1.18 bits per heavy atom. The summed E-state index contributed by atoms with van der Waals surface area (Å²) in [4.78, 5) is 27.3. The van der Waals surface area contributed by atoms with E-state index in [9.17, 15) is 9.59 Å². The second kappa shape index (κ2) is 6.79. The number of hydrogen-bond acceptors (Lipinski definition) is 4. The van der Waals surface area contributed by atoms with Crippen LogP contribution in [0.25, 0.3) is 0 Å². The number of benzene rings is 2. The number of aryl methyl sites for hydroxylation is 1. The maximum atomic E-state index is 12.8. The Balaban J connectivity index is 1.52. The van der Waals surface area contributed by atoms with Crippen molar-refractivity contribution in [1.29, 1.82) is 5.26 Å². The van der Waals surface area contributed by atoms with Crippen LogP contribution in [-0.2, 0) is 0 Å². The van der Waals surface area contributed by atoms with Crippen LogP contribution in [0.15, 0.2) is 36.4 Å². The summed E-state index contributed by atoms with van der Waals surface area (Å²) >= 11 is 0. The minimum absolute atomic E-state index is 0.0819. The fraction of sp³-hybridized carbons (Fsp3) is 0.348. The summed E-state index contributed by atoms with van der Waals surface area (Å²) in [6, 6.07) is 12.6. The standard InChI is InChI=1S/C23H22N2O3/c1-15-6-7-19-20(26)13-23(28-21(19)16(15)2)8-10-25(11-9-23)22(27)18-5-3-4-17(12-18)14-24/h3-7,12H,8-11,13H2,1-2H3. The molecule has 28 heavy (non-hydrogen) atoms. The van der Waals surface area contributed by atoms with Crippen molar-refractivity contribution >= 4 is 11.7 Å². The first-order valence-corrected chi connectivity index (χ1v) is 9.54. The second-order valence-electron chi connectivity index (χ2n) is 7.75. The van der Waals surface area contributed by atoms with Crippen LogP contribution in [0.1, 0.15) is 56.7 Å². The molecule has 0 unspecified atom stereocenters. The van der Waals surface area contributed by atoms with E-state index in [-0.39, 0.29) is 11.7 Å². The number of ketones is 1. The molecule has 0 aromatic heterocycles.